The van der Waals surface area contributed by atoms with Crippen molar-refractivity contribution in [2.75, 3.05) is 13.6 Å². The number of nitrogens with one attached hydrogen (secondary N) is 2. The van der Waals surface area contributed by atoms with Crippen molar-refractivity contribution in [2.45, 2.75) is 19.1 Å². The zero-order chi connectivity index (χ0) is 18.4. The van der Waals surface area contributed by atoms with E-state index in [9.17, 15) is 17.6 Å². The van der Waals surface area contributed by atoms with Crippen molar-refractivity contribution in [1.82, 2.24) is 20.4 Å². The third-order valence-corrected chi connectivity index (χ3v) is 3.51. The van der Waals surface area contributed by atoms with Crippen LogP contribution in [0.4, 0.5) is 17.6 Å². The second-order valence-electron chi connectivity index (χ2n) is 5.42. The largest absolute Gasteiger partial charge is 0.416 e. The van der Waals surface area contributed by atoms with E-state index in [0.29, 0.717) is 25.0 Å². The van der Waals surface area contributed by atoms with Crippen molar-refractivity contribution in [3.63, 3.8) is 0 Å². The number of aliphatic imine (C=N–C) groups is 1. The number of hydrogen-bond acceptors (Lipinski definition) is 2. The highest BCUT2D eigenvalue weighted by atomic mass is 19.4. The summed E-state index contributed by atoms with van der Waals surface area (Å²) in [6, 6.07) is 2.62. The fraction of sp³-hybridized carbons (Fsp3) is 0.375. The van der Waals surface area contributed by atoms with Gasteiger partial charge in [0.05, 0.1) is 11.8 Å². The molecule has 0 atom stereocenters. The molecule has 0 fully saturated rings. The van der Waals surface area contributed by atoms with Crippen LogP contribution in [0.5, 0.6) is 0 Å². The van der Waals surface area contributed by atoms with Crippen LogP contribution < -0.4 is 10.6 Å². The Morgan fingerprint density at radius 1 is 1.28 bits per heavy atom. The van der Waals surface area contributed by atoms with Crippen LogP contribution in [-0.4, -0.2) is 29.3 Å². The Bertz CT molecular complexity index is 736. The number of benzene rings is 1. The molecule has 2 rings (SSSR count). The minimum atomic E-state index is -4.61. The Kier molecular flexibility index (Phi) is 6.00. The van der Waals surface area contributed by atoms with Gasteiger partial charge >= 0.3 is 6.18 Å². The number of alkyl halides is 3. The van der Waals surface area contributed by atoms with E-state index in [-0.39, 0.29) is 12.1 Å². The van der Waals surface area contributed by atoms with E-state index in [2.05, 4.69) is 20.7 Å². The molecule has 0 saturated carbocycles. The van der Waals surface area contributed by atoms with Gasteiger partial charge in [0.15, 0.2) is 5.96 Å². The Balaban J connectivity index is 1.92. The van der Waals surface area contributed by atoms with E-state index in [0.717, 1.165) is 17.7 Å². The van der Waals surface area contributed by atoms with Gasteiger partial charge in [0.2, 0.25) is 0 Å². The van der Waals surface area contributed by atoms with Gasteiger partial charge in [-0.3, -0.25) is 9.67 Å². The van der Waals surface area contributed by atoms with Crippen LogP contribution in [0.3, 0.4) is 0 Å². The van der Waals surface area contributed by atoms with Crippen LogP contribution >= 0.6 is 0 Å². The number of halogens is 4. The molecule has 1 aromatic heterocycles. The van der Waals surface area contributed by atoms with Gasteiger partial charge < -0.3 is 10.6 Å². The van der Waals surface area contributed by atoms with E-state index in [1.54, 1.807) is 10.9 Å². The van der Waals surface area contributed by atoms with Crippen LogP contribution in [0.1, 0.15) is 16.7 Å². The molecule has 0 saturated heterocycles. The quantitative estimate of drug-likeness (QED) is 0.491. The molecule has 0 bridgehead atoms. The number of hydrogen-bond donors (Lipinski definition) is 2. The molecule has 25 heavy (non-hydrogen) atoms. The summed E-state index contributed by atoms with van der Waals surface area (Å²) in [6.07, 6.45) is -0.298. The van der Waals surface area contributed by atoms with Gasteiger partial charge in [0.25, 0.3) is 0 Å². The van der Waals surface area contributed by atoms with Crippen LogP contribution in [0, 0.1) is 5.82 Å². The first-order valence-corrected chi connectivity index (χ1v) is 7.57. The van der Waals surface area contributed by atoms with Crippen molar-refractivity contribution < 1.29 is 17.6 Å². The second-order valence-corrected chi connectivity index (χ2v) is 5.42. The van der Waals surface area contributed by atoms with Crippen molar-refractivity contribution in [3.8, 4) is 0 Å². The first-order valence-electron chi connectivity index (χ1n) is 7.57. The number of aryl methyl sites for hydroxylation is 1. The topological polar surface area (TPSA) is 54.2 Å². The molecule has 0 unspecified atom stereocenters. The summed E-state index contributed by atoms with van der Waals surface area (Å²) >= 11 is 0. The van der Waals surface area contributed by atoms with Crippen molar-refractivity contribution in [1.29, 1.82) is 0 Å². The molecule has 1 heterocycles. The van der Waals surface area contributed by atoms with E-state index in [4.69, 9.17) is 0 Å². The monoisotopic (exact) mass is 357 g/mol. The summed E-state index contributed by atoms with van der Waals surface area (Å²) in [6.45, 7) is 0.419. The maximum atomic E-state index is 13.1. The van der Waals surface area contributed by atoms with E-state index < -0.39 is 17.6 Å². The molecule has 5 nitrogen and oxygen atoms in total. The van der Waals surface area contributed by atoms with E-state index in [1.165, 1.54) is 7.05 Å². The minimum Gasteiger partial charge on any atom is -0.356 e. The predicted octanol–water partition coefficient (Wildman–Crippen LogP) is 2.49. The highest BCUT2D eigenvalue weighted by Crippen LogP contribution is 2.32. The highest BCUT2D eigenvalue weighted by molar-refractivity contribution is 5.79. The molecule has 2 aromatic rings. The van der Waals surface area contributed by atoms with Gasteiger partial charge in [-0.05, 0) is 29.7 Å². The van der Waals surface area contributed by atoms with Crippen molar-refractivity contribution in [3.05, 3.63) is 53.1 Å². The molecule has 0 amide bonds. The fourth-order valence-corrected chi connectivity index (χ4v) is 2.29. The third kappa shape index (κ3) is 5.47. The highest BCUT2D eigenvalue weighted by Gasteiger charge is 2.33. The average Bonchev–Trinajstić information content (AvgIpc) is 2.96. The smallest absolute Gasteiger partial charge is 0.356 e. The summed E-state index contributed by atoms with van der Waals surface area (Å²) in [5.41, 5.74) is -0.0155. The first kappa shape index (κ1) is 18.8. The Morgan fingerprint density at radius 3 is 2.64 bits per heavy atom. The van der Waals surface area contributed by atoms with Crippen LogP contribution in [-0.2, 0) is 26.2 Å². The molecule has 0 spiro atoms. The van der Waals surface area contributed by atoms with Crippen LogP contribution in [0.2, 0.25) is 0 Å². The average molecular weight is 357 g/mol. The van der Waals surface area contributed by atoms with E-state index in [1.807, 2.05) is 13.2 Å². The first-order chi connectivity index (χ1) is 11.8. The standard InChI is InChI=1S/C16H19F4N5/c1-21-15(22-6-5-11-8-24-25(2)10-11)23-9-12-3-4-13(17)7-14(12)16(18,19)20/h3-4,7-8,10H,5-6,9H2,1-2H3,(H2,21,22,23). The molecule has 0 aliphatic carbocycles. The lowest BCUT2D eigenvalue weighted by Gasteiger charge is -2.15. The molecular formula is C16H19F4N5. The summed E-state index contributed by atoms with van der Waals surface area (Å²) in [5, 5.41) is 9.87. The molecule has 0 aliphatic rings. The molecule has 136 valence electrons. The van der Waals surface area contributed by atoms with Crippen molar-refractivity contribution >= 4 is 5.96 Å². The second kappa shape index (κ2) is 8.00. The number of rotatable bonds is 5. The maximum absolute atomic E-state index is 13.1. The SMILES string of the molecule is CN=C(NCCc1cnn(C)c1)NCc1ccc(F)cc1C(F)(F)F. The Hall–Kier alpha value is -2.58. The maximum Gasteiger partial charge on any atom is 0.416 e. The summed E-state index contributed by atoms with van der Waals surface area (Å²) < 4.78 is 53.7. The lowest BCUT2D eigenvalue weighted by Crippen LogP contribution is -2.38. The van der Waals surface area contributed by atoms with Gasteiger partial charge in [-0.25, -0.2) is 4.39 Å². The van der Waals surface area contributed by atoms with Crippen molar-refractivity contribution in [2.24, 2.45) is 12.0 Å². The van der Waals surface area contributed by atoms with Gasteiger partial charge in [0.1, 0.15) is 5.82 Å². The molecule has 9 heteroatoms. The van der Waals surface area contributed by atoms with Gasteiger partial charge in [-0.2, -0.15) is 18.3 Å². The zero-order valence-corrected chi connectivity index (χ0v) is 13.9. The van der Waals surface area contributed by atoms with Crippen LogP contribution in [0.25, 0.3) is 0 Å². The normalized spacial score (nSPS) is 12.3. The minimum absolute atomic E-state index is 0.0518. The predicted molar refractivity (Wildman–Crippen MR) is 86.5 cm³/mol. The molecule has 0 radical (unpaired) electrons. The molecule has 0 aliphatic heterocycles. The molecule has 1 aromatic carbocycles. The van der Waals surface area contributed by atoms with Gasteiger partial charge in [-0.15, -0.1) is 0 Å². The Labute approximate surface area is 142 Å². The van der Waals surface area contributed by atoms with Gasteiger partial charge in [-0.1, -0.05) is 6.07 Å². The summed E-state index contributed by atoms with van der Waals surface area (Å²) in [4.78, 5) is 3.97. The third-order valence-electron chi connectivity index (χ3n) is 3.51. The molecular weight excluding hydrogens is 338 g/mol. The van der Waals surface area contributed by atoms with E-state index >= 15 is 0 Å². The zero-order valence-electron chi connectivity index (χ0n) is 13.9. The number of nitrogens with zero attached hydrogens (tertiary/aromatic N) is 3. The fourth-order valence-electron chi connectivity index (χ4n) is 2.29. The number of guanidine groups is 1. The Morgan fingerprint density at radius 2 is 2.04 bits per heavy atom. The summed E-state index contributed by atoms with van der Waals surface area (Å²) in [5.74, 6) is -0.559. The van der Waals surface area contributed by atoms with Gasteiger partial charge in [0, 0.05) is 33.4 Å². The lowest BCUT2D eigenvalue weighted by atomic mass is 10.1. The van der Waals surface area contributed by atoms with Crippen LogP contribution in [0.15, 0.2) is 35.6 Å². The molecule has 2 N–H and O–H groups in total. The summed E-state index contributed by atoms with van der Waals surface area (Å²) in [7, 11) is 3.34. The number of aromatic nitrogens is 2. The lowest BCUT2D eigenvalue weighted by molar-refractivity contribution is -0.138.